The Kier molecular flexibility index (Phi) is 8.29. The molecule has 3 amide bonds. The van der Waals surface area contributed by atoms with Gasteiger partial charge in [-0.05, 0) is 28.8 Å². The quantitative estimate of drug-likeness (QED) is 0.228. The third-order valence-corrected chi connectivity index (χ3v) is 6.36. The lowest BCUT2D eigenvalue weighted by atomic mass is 10.1. The van der Waals surface area contributed by atoms with E-state index in [4.69, 9.17) is 4.74 Å². The number of hydrogen-bond acceptors (Lipinski definition) is 11. The summed E-state index contributed by atoms with van der Waals surface area (Å²) in [5.41, 5.74) is 6.15. The number of nitrogens with one attached hydrogen (secondary N) is 5. The number of hydrazine groups is 1. The molecule has 13 nitrogen and oxygen atoms in total. The van der Waals surface area contributed by atoms with Crippen molar-refractivity contribution in [3.05, 3.63) is 65.2 Å². The second-order valence-corrected chi connectivity index (χ2v) is 9.26. The van der Waals surface area contributed by atoms with Crippen LogP contribution in [0.15, 0.2) is 48.5 Å². The average molecular weight is 533 g/mol. The summed E-state index contributed by atoms with van der Waals surface area (Å²) >= 11 is 0. The molecule has 204 valence electrons. The van der Waals surface area contributed by atoms with Crippen molar-refractivity contribution < 1.29 is 14.3 Å². The van der Waals surface area contributed by atoms with Crippen molar-refractivity contribution in [1.29, 1.82) is 0 Å². The first-order chi connectivity index (χ1) is 19.0. The lowest BCUT2D eigenvalue weighted by Crippen LogP contribution is -2.42. The van der Waals surface area contributed by atoms with Gasteiger partial charge in [0.05, 0.1) is 7.11 Å². The van der Waals surface area contributed by atoms with Crippen molar-refractivity contribution in [2.45, 2.75) is 19.6 Å². The topological polar surface area (TPSA) is 149 Å². The fourth-order valence-corrected chi connectivity index (χ4v) is 4.23. The largest absolute Gasteiger partial charge is 0.497 e. The lowest BCUT2D eigenvalue weighted by molar-refractivity contribution is -0.118. The molecule has 5 rings (SSSR count). The van der Waals surface area contributed by atoms with E-state index in [1.807, 2.05) is 24.3 Å². The molecule has 2 aliphatic rings. The maximum absolute atomic E-state index is 12.0. The summed E-state index contributed by atoms with van der Waals surface area (Å²) in [6, 6.07) is 15.5. The van der Waals surface area contributed by atoms with Gasteiger partial charge in [0.1, 0.15) is 12.3 Å². The number of amides is 3. The average Bonchev–Trinajstić information content (AvgIpc) is 3.28. The minimum Gasteiger partial charge on any atom is -0.497 e. The van der Waals surface area contributed by atoms with Crippen molar-refractivity contribution >= 4 is 29.8 Å². The van der Waals surface area contributed by atoms with Gasteiger partial charge in [0.2, 0.25) is 23.8 Å². The summed E-state index contributed by atoms with van der Waals surface area (Å²) < 4.78 is 5.21. The number of piperazine rings is 1. The second kappa shape index (κ2) is 12.4. The molecule has 2 aromatic carbocycles. The Morgan fingerprint density at radius 3 is 1.95 bits per heavy atom. The van der Waals surface area contributed by atoms with Crippen LogP contribution in [-0.4, -0.2) is 76.6 Å². The van der Waals surface area contributed by atoms with Crippen LogP contribution >= 0.6 is 0 Å². The molecule has 0 radical (unpaired) electrons. The van der Waals surface area contributed by atoms with Crippen LogP contribution in [-0.2, 0) is 24.4 Å². The van der Waals surface area contributed by atoms with Crippen molar-refractivity contribution in [2.75, 3.05) is 55.9 Å². The highest BCUT2D eigenvalue weighted by atomic mass is 16.5. The molecule has 0 aliphatic carbocycles. The van der Waals surface area contributed by atoms with Crippen LogP contribution in [0.2, 0.25) is 0 Å². The van der Waals surface area contributed by atoms with E-state index in [1.54, 1.807) is 7.11 Å². The Bertz CT molecular complexity index is 1280. The van der Waals surface area contributed by atoms with Gasteiger partial charge in [0, 0.05) is 45.8 Å². The molecule has 0 saturated carbocycles. The van der Waals surface area contributed by atoms with Gasteiger partial charge < -0.3 is 20.7 Å². The number of rotatable bonds is 11. The molecular formula is C26H32N10O3. The van der Waals surface area contributed by atoms with Crippen LogP contribution in [0.1, 0.15) is 16.7 Å². The van der Waals surface area contributed by atoms with Gasteiger partial charge in [0.25, 0.3) is 0 Å². The SMILES string of the molecule is COc1ccc(CNc2nc(NCc3ccc(CN4CCNCC4)cc3)nc(NN3CC(=O)NC3=O)n2)cc1. The summed E-state index contributed by atoms with van der Waals surface area (Å²) in [6.07, 6.45) is 0. The number of aromatic nitrogens is 3. The van der Waals surface area contributed by atoms with E-state index in [9.17, 15) is 9.59 Å². The van der Waals surface area contributed by atoms with Gasteiger partial charge in [-0.1, -0.05) is 36.4 Å². The first-order valence-corrected chi connectivity index (χ1v) is 12.8. The summed E-state index contributed by atoms with van der Waals surface area (Å²) in [7, 11) is 1.62. The fraction of sp³-hybridized carbons (Fsp3) is 0.346. The van der Waals surface area contributed by atoms with Gasteiger partial charge >= 0.3 is 6.03 Å². The lowest BCUT2D eigenvalue weighted by Gasteiger charge is -2.27. The van der Waals surface area contributed by atoms with E-state index in [0.29, 0.717) is 25.0 Å². The van der Waals surface area contributed by atoms with E-state index in [1.165, 1.54) is 5.56 Å². The molecule has 0 unspecified atom stereocenters. The molecule has 3 heterocycles. The molecule has 0 atom stereocenters. The van der Waals surface area contributed by atoms with E-state index < -0.39 is 11.9 Å². The van der Waals surface area contributed by atoms with Crippen molar-refractivity contribution in [3.63, 3.8) is 0 Å². The Morgan fingerprint density at radius 1 is 0.821 bits per heavy atom. The number of carbonyl (C=O) groups is 2. The molecule has 3 aromatic rings. The van der Waals surface area contributed by atoms with Gasteiger partial charge in [-0.2, -0.15) is 15.0 Å². The second-order valence-electron chi connectivity index (χ2n) is 9.26. The van der Waals surface area contributed by atoms with Crippen molar-refractivity contribution in [2.24, 2.45) is 0 Å². The Labute approximate surface area is 226 Å². The highest BCUT2D eigenvalue weighted by Gasteiger charge is 2.27. The number of urea groups is 1. The smallest absolute Gasteiger partial charge is 0.343 e. The molecule has 13 heteroatoms. The number of ether oxygens (including phenoxy) is 1. The summed E-state index contributed by atoms with van der Waals surface area (Å²) in [4.78, 5) is 39.3. The normalized spacial score (nSPS) is 15.7. The molecule has 1 aromatic heterocycles. The van der Waals surface area contributed by atoms with Crippen molar-refractivity contribution in [1.82, 2.24) is 35.5 Å². The third kappa shape index (κ3) is 7.30. The third-order valence-electron chi connectivity index (χ3n) is 6.36. The Morgan fingerprint density at radius 2 is 1.38 bits per heavy atom. The van der Waals surface area contributed by atoms with Crippen LogP contribution in [0, 0.1) is 0 Å². The molecule has 2 fully saturated rings. The highest BCUT2D eigenvalue weighted by molar-refractivity contribution is 6.02. The van der Waals surface area contributed by atoms with Crippen LogP contribution in [0.5, 0.6) is 5.75 Å². The maximum Gasteiger partial charge on any atom is 0.343 e. The Hall–Kier alpha value is -4.49. The molecular weight excluding hydrogens is 500 g/mol. The van der Waals surface area contributed by atoms with Crippen LogP contribution in [0.4, 0.5) is 22.6 Å². The number of methoxy groups -OCH3 is 1. The molecule has 2 saturated heterocycles. The van der Waals surface area contributed by atoms with E-state index in [-0.39, 0.29) is 12.5 Å². The van der Waals surface area contributed by atoms with Crippen LogP contribution < -0.4 is 31.4 Å². The first kappa shape index (κ1) is 26.1. The summed E-state index contributed by atoms with van der Waals surface area (Å²) in [5.74, 6) is 1.12. The zero-order chi connectivity index (χ0) is 27.0. The monoisotopic (exact) mass is 532 g/mol. The molecule has 0 bridgehead atoms. The number of benzene rings is 2. The van der Waals surface area contributed by atoms with Gasteiger partial charge in [-0.3, -0.25) is 20.4 Å². The zero-order valence-corrected chi connectivity index (χ0v) is 21.7. The van der Waals surface area contributed by atoms with E-state index >= 15 is 0 Å². The Balaban J connectivity index is 1.25. The van der Waals surface area contributed by atoms with E-state index in [2.05, 4.69) is 70.8 Å². The molecule has 5 N–H and O–H groups in total. The summed E-state index contributed by atoms with van der Waals surface area (Å²) in [6.45, 7) is 5.93. The van der Waals surface area contributed by atoms with Gasteiger partial charge in [-0.25, -0.2) is 9.80 Å². The number of carbonyl (C=O) groups excluding carboxylic acids is 2. The van der Waals surface area contributed by atoms with Crippen LogP contribution in [0.3, 0.4) is 0 Å². The predicted octanol–water partition coefficient (Wildman–Crippen LogP) is 1.39. The summed E-state index contributed by atoms with van der Waals surface area (Å²) in [5, 5.41) is 13.1. The minimum absolute atomic E-state index is 0.126. The fourth-order valence-electron chi connectivity index (χ4n) is 4.23. The predicted molar refractivity (Wildman–Crippen MR) is 146 cm³/mol. The molecule has 0 spiro atoms. The standard InChI is InChI=1S/C26H32N10O3/c1-39-21-8-6-19(7-9-21)15-29-24-31-23(32-25(33-24)34-36-17-22(37)30-26(36)38)28-14-18-2-4-20(5-3-18)16-35-12-10-27-11-13-35/h2-9,27H,10-17H2,1H3,(H,30,37,38)(H3,28,29,31,32,33,34). The first-order valence-electron chi connectivity index (χ1n) is 12.8. The number of hydrogen-bond donors (Lipinski definition) is 5. The number of nitrogens with zero attached hydrogens (tertiary/aromatic N) is 5. The molecule has 39 heavy (non-hydrogen) atoms. The maximum atomic E-state index is 12.0. The van der Waals surface area contributed by atoms with Crippen molar-refractivity contribution in [3.8, 4) is 5.75 Å². The van der Waals surface area contributed by atoms with Gasteiger partial charge in [0.15, 0.2) is 0 Å². The number of imide groups is 1. The highest BCUT2D eigenvalue weighted by Crippen LogP contribution is 2.16. The molecule has 2 aliphatic heterocycles. The van der Waals surface area contributed by atoms with Gasteiger partial charge in [-0.15, -0.1) is 0 Å². The van der Waals surface area contributed by atoms with E-state index in [0.717, 1.165) is 54.6 Å². The number of anilines is 3. The minimum atomic E-state index is -0.566. The van der Waals surface area contributed by atoms with Crippen LogP contribution in [0.25, 0.3) is 0 Å². The zero-order valence-electron chi connectivity index (χ0n) is 21.7.